The molecule has 5 nitrogen and oxygen atoms in total. The third kappa shape index (κ3) is 2.12. The highest BCUT2D eigenvalue weighted by molar-refractivity contribution is 7.21. The van der Waals surface area contributed by atoms with E-state index in [-0.39, 0.29) is 5.91 Å². The maximum absolute atomic E-state index is 12.9. The molecule has 2 heterocycles. The van der Waals surface area contributed by atoms with Gasteiger partial charge in [-0.25, -0.2) is 0 Å². The molecule has 0 spiro atoms. The quantitative estimate of drug-likeness (QED) is 0.944. The van der Waals surface area contributed by atoms with Gasteiger partial charge in [0.25, 0.3) is 5.91 Å². The number of thiophene rings is 1. The van der Waals surface area contributed by atoms with Crippen molar-refractivity contribution in [3.63, 3.8) is 0 Å². The molecule has 2 aliphatic carbocycles. The molecule has 2 aromatic heterocycles. The third-order valence-corrected chi connectivity index (χ3v) is 5.74. The predicted octanol–water partition coefficient (Wildman–Crippen LogP) is 2.54. The number of carbonyl (C=O) groups is 1. The van der Waals surface area contributed by atoms with Crippen molar-refractivity contribution in [3.05, 3.63) is 10.6 Å². The summed E-state index contributed by atoms with van der Waals surface area (Å²) in [4.78, 5) is 16.7. The minimum Gasteiger partial charge on any atom is -0.397 e. The van der Waals surface area contributed by atoms with Crippen molar-refractivity contribution in [2.45, 2.75) is 38.6 Å². The van der Waals surface area contributed by atoms with Gasteiger partial charge in [-0.2, -0.15) is 5.10 Å². The highest BCUT2D eigenvalue weighted by Crippen LogP contribution is 2.40. The number of fused-ring (bicyclic) bond motifs is 1. The summed E-state index contributed by atoms with van der Waals surface area (Å²) in [6, 6.07) is 0.446. The zero-order valence-corrected chi connectivity index (χ0v) is 13.2. The molecule has 0 saturated heterocycles. The largest absolute Gasteiger partial charge is 0.397 e. The van der Waals surface area contributed by atoms with Gasteiger partial charge in [0.15, 0.2) is 0 Å². The Kier molecular flexibility index (Phi) is 2.79. The lowest BCUT2D eigenvalue weighted by molar-refractivity contribution is 0.0741. The fourth-order valence-electron chi connectivity index (χ4n) is 2.98. The Labute approximate surface area is 127 Å². The molecule has 1 amide bonds. The monoisotopic (exact) mass is 304 g/mol. The molecule has 21 heavy (non-hydrogen) atoms. The molecule has 2 fully saturated rings. The Morgan fingerprint density at radius 3 is 2.71 bits per heavy atom. The number of aryl methyl sites for hydroxylation is 2. The van der Waals surface area contributed by atoms with Crippen LogP contribution in [0, 0.1) is 12.8 Å². The molecule has 0 atom stereocenters. The van der Waals surface area contributed by atoms with Gasteiger partial charge in [0, 0.05) is 19.6 Å². The average molecular weight is 304 g/mol. The maximum atomic E-state index is 12.9. The summed E-state index contributed by atoms with van der Waals surface area (Å²) in [6.45, 7) is 2.86. The molecular weight excluding hydrogens is 284 g/mol. The highest BCUT2D eigenvalue weighted by Gasteiger charge is 2.38. The van der Waals surface area contributed by atoms with Crippen LogP contribution in [-0.2, 0) is 7.05 Å². The number of nitrogens with zero attached hydrogens (tertiary/aromatic N) is 3. The Hall–Kier alpha value is -1.56. The summed E-state index contributed by atoms with van der Waals surface area (Å²) in [5.74, 6) is 0.844. The maximum Gasteiger partial charge on any atom is 0.266 e. The van der Waals surface area contributed by atoms with Gasteiger partial charge in [-0.1, -0.05) is 0 Å². The summed E-state index contributed by atoms with van der Waals surface area (Å²) < 4.78 is 1.82. The third-order valence-electron chi connectivity index (χ3n) is 4.48. The second-order valence-corrected chi connectivity index (χ2v) is 7.37. The van der Waals surface area contributed by atoms with E-state index in [0.717, 1.165) is 35.3 Å². The summed E-state index contributed by atoms with van der Waals surface area (Å²) in [6.07, 6.45) is 4.82. The predicted molar refractivity (Wildman–Crippen MR) is 84.5 cm³/mol. The van der Waals surface area contributed by atoms with E-state index in [2.05, 4.69) is 10.00 Å². The number of hydrogen-bond donors (Lipinski definition) is 1. The van der Waals surface area contributed by atoms with Crippen molar-refractivity contribution in [2.75, 3.05) is 12.3 Å². The lowest BCUT2D eigenvalue weighted by Gasteiger charge is -2.21. The minimum absolute atomic E-state index is 0.127. The molecule has 6 heteroatoms. The Morgan fingerprint density at radius 2 is 2.14 bits per heavy atom. The van der Waals surface area contributed by atoms with Gasteiger partial charge in [-0.15, -0.1) is 11.3 Å². The number of nitrogen functional groups attached to an aromatic ring is 1. The first kappa shape index (κ1) is 13.1. The van der Waals surface area contributed by atoms with Gasteiger partial charge in [0.1, 0.15) is 9.71 Å². The highest BCUT2D eigenvalue weighted by atomic mass is 32.1. The van der Waals surface area contributed by atoms with Gasteiger partial charge in [0.05, 0.1) is 16.8 Å². The van der Waals surface area contributed by atoms with Crippen LogP contribution in [0.25, 0.3) is 10.2 Å². The summed E-state index contributed by atoms with van der Waals surface area (Å²) in [5.41, 5.74) is 7.79. The van der Waals surface area contributed by atoms with E-state index in [9.17, 15) is 4.79 Å². The van der Waals surface area contributed by atoms with E-state index in [4.69, 9.17) is 5.73 Å². The van der Waals surface area contributed by atoms with Crippen molar-refractivity contribution in [1.82, 2.24) is 14.7 Å². The lowest BCUT2D eigenvalue weighted by Crippen LogP contribution is -2.34. The molecule has 4 rings (SSSR count). The van der Waals surface area contributed by atoms with E-state index >= 15 is 0 Å². The van der Waals surface area contributed by atoms with E-state index in [0.29, 0.717) is 22.5 Å². The molecule has 0 aromatic carbocycles. The number of amides is 1. The fourth-order valence-corrected chi connectivity index (χ4v) is 4.12. The summed E-state index contributed by atoms with van der Waals surface area (Å²) in [7, 11) is 1.91. The van der Waals surface area contributed by atoms with E-state index in [1.807, 2.05) is 18.7 Å². The summed E-state index contributed by atoms with van der Waals surface area (Å²) >= 11 is 1.48. The number of aromatic nitrogens is 2. The fraction of sp³-hybridized carbons (Fsp3) is 0.600. The Morgan fingerprint density at radius 1 is 1.43 bits per heavy atom. The second kappa shape index (κ2) is 4.47. The molecule has 2 N–H and O–H groups in total. The average Bonchev–Trinajstić information content (AvgIpc) is 3.33. The number of rotatable bonds is 4. The molecular formula is C15H20N4OS. The first-order chi connectivity index (χ1) is 10.1. The second-order valence-electron chi connectivity index (χ2n) is 6.37. The van der Waals surface area contributed by atoms with Crippen LogP contribution < -0.4 is 5.73 Å². The van der Waals surface area contributed by atoms with Crippen LogP contribution in [0.1, 0.15) is 41.0 Å². The first-order valence-corrected chi connectivity index (χ1v) is 8.40. The molecule has 0 unspecified atom stereocenters. The molecule has 0 bridgehead atoms. The van der Waals surface area contributed by atoms with Crippen molar-refractivity contribution in [1.29, 1.82) is 0 Å². The van der Waals surface area contributed by atoms with E-state index in [1.165, 1.54) is 24.2 Å². The van der Waals surface area contributed by atoms with Crippen LogP contribution in [0.15, 0.2) is 0 Å². The van der Waals surface area contributed by atoms with Gasteiger partial charge < -0.3 is 10.6 Å². The molecule has 2 aliphatic rings. The van der Waals surface area contributed by atoms with Gasteiger partial charge in [0.2, 0.25) is 0 Å². The van der Waals surface area contributed by atoms with E-state index in [1.54, 1.807) is 0 Å². The zero-order chi connectivity index (χ0) is 14.7. The van der Waals surface area contributed by atoms with Crippen LogP contribution in [-0.4, -0.2) is 33.2 Å². The molecule has 2 saturated carbocycles. The molecule has 0 radical (unpaired) electrons. The van der Waals surface area contributed by atoms with Crippen molar-refractivity contribution in [2.24, 2.45) is 13.0 Å². The molecule has 2 aromatic rings. The van der Waals surface area contributed by atoms with Crippen LogP contribution in [0.4, 0.5) is 5.69 Å². The number of nitrogens with two attached hydrogens (primary N) is 1. The number of hydrogen-bond acceptors (Lipinski definition) is 4. The smallest absolute Gasteiger partial charge is 0.266 e. The van der Waals surface area contributed by atoms with Gasteiger partial charge in [-0.05, 0) is 38.5 Å². The van der Waals surface area contributed by atoms with Crippen LogP contribution in [0.5, 0.6) is 0 Å². The normalized spacial score (nSPS) is 18.4. The Balaban J connectivity index is 1.72. The zero-order valence-electron chi connectivity index (χ0n) is 12.4. The summed E-state index contributed by atoms with van der Waals surface area (Å²) in [5, 5.41) is 5.34. The minimum atomic E-state index is 0.127. The standard InChI is InChI=1S/C15H20N4OS/c1-8-11-12(16)13(21-15(11)18(2)17-8)14(20)19(10-5-6-10)7-9-3-4-9/h9-10H,3-7,16H2,1-2H3. The van der Waals surface area contributed by atoms with Crippen LogP contribution in [0.2, 0.25) is 0 Å². The number of anilines is 1. The topological polar surface area (TPSA) is 64.2 Å². The van der Waals surface area contributed by atoms with E-state index < -0.39 is 0 Å². The lowest BCUT2D eigenvalue weighted by atomic mass is 10.2. The van der Waals surface area contributed by atoms with Crippen molar-refractivity contribution in [3.8, 4) is 0 Å². The van der Waals surface area contributed by atoms with Crippen LogP contribution in [0.3, 0.4) is 0 Å². The number of carbonyl (C=O) groups excluding carboxylic acids is 1. The van der Waals surface area contributed by atoms with Gasteiger partial charge >= 0.3 is 0 Å². The van der Waals surface area contributed by atoms with Crippen molar-refractivity contribution >= 4 is 33.1 Å². The Bertz CT molecular complexity index is 724. The van der Waals surface area contributed by atoms with Crippen molar-refractivity contribution < 1.29 is 4.79 Å². The van der Waals surface area contributed by atoms with Crippen LogP contribution >= 0.6 is 11.3 Å². The molecule has 112 valence electrons. The SMILES string of the molecule is Cc1nn(C)c2sc(C(=O)N(CC3CC3)C3CC3)c(N)c12. The van der Waals surface area contributed by atoms with Gasteiger partial charge in [-0.3, -0.25) is 9.48 Å². The molecule has 0 aliphatic heterocycles. The first-order valence-electron chi connectivity index (χ1n) is 7.58.